The van der Waals surface area contributed by atoms with Crippen LogP contribution in [0.15, 0.2) is 0 Å². The van der Waals surface area contributed by atoms with Crippen molar-refractivity contribution in [3.63, 3.8) is 0 Å². The highest BCUT2D eigenvalue weighted by molar-refractivity contribution is 5.19. The number of hydrogen-bond donors (Lipinski definition) is 4. The Hall–Kier alpha value is -0.160. The van der Waals surface area contributed by atoms with E-state index < -0.39 is 24.9 Å². The van der Waals surface area contributed by atoms with E-state index in [1.54, 1.807) is 0 Å². The van der Waals surface area contributed by atoms with Gasteiger partial charge in [0.2, 0.25) is 0 Å². The topological polar surface area (TPSA) is 80.9 Å². The minimum atomic E-state index is -1.27. The smallest absolute Gasteiger partial charge is 0.108 e. The first kappa shape index (κ1) is 30.3. The number of rotatable bonds is 7. The first-order valence-corrected chi connectivity index (χ1v) is 16.8. The molecule has 5 aliphatic carbocycles. The zero-order chi connectivity index (χ0) is 28.6. The molecule has 13 atom stereocenters. The fraction of sp³-hybridized carbons (Fsp3) is 1.00. The van der Waals surface area contributed by atoms with E-state index in [2.05, 4.69) is 48.5 Å². The Morgan fingerprint density at radius 2 is 1.26 bits per heavy atom. The summed E-state index contributed by atoms with van der Waals surface area (Å²) in [6.07, 6.45) is 13.2. The second-order valence-corrected chi connectivity index (χ2v) is 17.2. The van der Waals surface area contributed by atoms with Crippen LogP contribution in [0.1, 0.15) is 132 Å². The predicted octanol–water partition coefficient (Wildman–Crippen LogP) is 6.97. The number of hydrogen-bond acceptors (Lipinski definition) is 4. The molecule has 4 nitrogen and oxygen atoms in total. The largest absolute Gasteiger partial charge is 0.394 e. The standard InChI is InChI=1S/C35H62O4/c1-22(9-10-25(37)30(39)26(38)21-36)23-13-18-32(4)24(23)14-19-34(6)28(32)11-12-29-33(5)17-8-16-31(2,3)27(33)15-20-35(29,34)7/h22-30,36-39H,8-21H2,1-7H3/t22?,23-,24?,25?,26?,27+,28?,29?,30?,32+,33+,34-,35-/m1/s1. The van der Waals surface area contributed by atoms with Gasteiger partial charge in [-0.15, -0.1) is 0 Å². The molecule has 7 unspecified atom stereocenters. The summed E-state index contributed by atoms with van der Waals surface area (Å²) in [6.45, 7) is 17.9. The Morgan fingerprint density at radius 3 is 1.90 bits per heavy atom. The summed E-state index contributed by atoms with van der Waals surface area (Å²) in [4.78, 5) is 0. The third kappa shape index (κ3) is 4.42. The third-order valence-electron chi connectivity index (χ3n) is 15.4. The van der Waals surface area contributed by atoms with E-state index in [-0.39, 0.29) is 0 Å². The van der Waals surface area contributed by atoms with Crippen molar-refractivity contribution in [2.24, 2.45) is 62.6 Å². The molecule has 0 saturated heterocycles. The SMILES string of the molecule is CC(CCC(O)C(O)C(O)CO)[C@H]1CC[C@@]2(C)C1CC[C@]1(C)C2CCC2[C@@]3(C)CCCC(C)(C)[C@@H]3CC[C@]21C. The molecule has 0 aromatic rings. The van der Waals surface area contributed by atoms with Gasteiger partial charge in [0.25, 0.3) is 0 Å². The fourth-order valence-electron chi connectivity index (χ4n) is 13.2. The van der Waals surface area contributed by atoms with Gasteiger partial charge in [0.1, 0.15) is 12.2 Å². The van der Waals surface area contributed by atoms with Gasteiger partial charge in [0, 0.05) is 0 Å². The zero-order valence-corrected chi connectivity index (χ0v) is 26.4. The van der Waals surface area contributed by atoms with Crippen LogP contribution in [0.4, 0.5) is 0 Å². The molecule has 0 heterocycles. The maximum absolute atomic E-state index is 10.4. The van der Waals surface area contributed by atoms with Crippen LogP contribution in [0.5, 0.6) is 0 Å². The molecular formula is C35H62O4. The predicted molar refractivity (Wildman–Crippen MR) is 158 cm³/mol. The van der Waals surface area contributed by atoms with E-state index in [0.29, 0.717) is 45.3 Å². The molecule has 4 heteroatoms. The van der Waals surface area contributed by atoms with Crippen LogP contribution in [0.2, 0.25) is 0 Å². The molecular weight excluding hydrogens is 484 g/mol. The van der Waals surface area contributed by atoms with Crippen LogP contribution < -0.4 is 0 Å². The normalized spacial score (nSPS) is 50.1. The number of aliphatic hydroxyl groups is 4. The molecule has 0 aliphatic heterocycles. The van der Waals surface area contributed by atoms with Crippen molar-refractivity contribution in [1.29, 1.82) is 0 Å². The minimum absolute atomic E-state index is 0.411. The van der Waals surface area contributed by atoms with Crippen molar-refractivity contribution >= 4 is 0 Å². The lowest BCUT2D eigenvalue weighted by Gasteiger charge is -2.73. The molecule has 5 aliphatic rings. The number of fused-ring (bicyclic) bond motifs is 7. The quantitative estimate of drug-likeness (QED) is 0.278. The molecule has 226 valence electrons. The van der Waals surface area contributed by atoms with Crippen molar-refractivity contribution in [3.05, 3.63) is 0 Å². The van der Waals surface area contributed by atoms with Gasteiger partial charge in [0.05, 0.1) is 12.7 Å². The summed E-state index contributed by atoms with van der Waals surface area (Å²) in [6, 6.07) is 0. The van der Waals surface area contributed by atoms with Crippen molar-refractivity contribution in [3.8, 4) is 0 Å². The molecule has 0 amide bonds. The van der Waals surface area contributed by atoms with Crippen LogP contribution in [-0.2, 0) is 0 Å². The molecule has 39 heavy (non-hydrogen) atoms. The first-order chi connectivity index (χ1) is 18.2. The molecule has 0 spiro atoms. The Balaban J connectivity index is 1.33. The molecule has 0 aromatic heterocycles. The molecule has 0 radical (unpaired) electrons. The van der Waals surface area contributed by atoms with E-state index in [4.69, 9.17) is 5.11 Å². The van der Waals surface area contributed by atoms with Gasteiger partial charge in [-0.3, -0.25) is 0 Å². The van der Waals surface area contributed by atoms with Crippen molar-refractivity contribution in [2.45, 2.75) is 150 Å². The fourth-order valence-corrected chi connectivity index (χ4v) is 13.2. The van der Waals surface area contributed by atoms with Gasteiger partial charge in [-0.1, -0.05) is 54.9 Å². The average Bonchev–Trinajstić information content (AvgIpc) is 3.23. The van der Waals surface area contributed by atoms with E-state index in [1.807, 2.05) is 0 Å². The summed E-state index contributed by atoms with van der Waals surface area (Å²) >= 11 is 0. The molecule has 4 N–H and O–H groups in total. The van der Waals surface area contributed by atoms with Crippen molar-refractivity contribution in [2.75, 3.05) is 6.61 Å². The second kappa shape index (κ2) is 10.2. The summed E-state index contributed by atoms with van der Waals surface area (Å²) in [7, 11) is 0. The molecule has 5 saturated carbocycles. The third-order valence-corrected chi connectivity index (χ3v) is 15.4. The van der Waals surface area contributed by atoms with Crippen molar-refractivity contribution in [1.82, 2.24) is 0 Å². The van der Waals surface area contributed by atoms with Gasteiger partial charge in [-0.05, 0) is 140 Å². The highest BCUT2D eigenvalue weighted by Crippen LogP contribution is 2.78. The zero-order valence-electron chi connectivity index (χ0n) is 26.4. The Labute approximate surface area is 239 Å². The lowest BCUT2D eigenvalue weighted by atomic mass is 9.32. The summed E-state index contributed by atoms with van der Waals surface area (Å²) in [5.41, 5.74) is 2.27. The van der Waals surface area contributed by atoms with E-state index >= 15 is 0 Å². The van der Waals surface area contributed by atoms with Crippen LogP contribution in [-0.4, -0.2) is 45.3 Å². The van der Waals surface area contributed by atoms with Gasteiger partial charge in [-0.2, -0.15) is 0 Å². The molecule has 5 rings (SSSR count). The maximum Gasteiger partial charge on any atom is 0.108 e. The maximum atomic E-state index is 10.4. The van der Waals surface area contributed by atoms with E-state index in [0.717, 1.165) is 30.1 Å². The molecule has 0 bridgehead atoms. The highest BCUT2D eigenvalue weighted by Gasteiger charge is 2.70. The number of aliphatic hydroxyl groups excluding tert-OH is 4. The Bertz CT molecular complexity index is 888. The van der Waals surface area contributed by atoms with E-state index in [9.17, 15) is 15.3 Å². The summed E-state index contributed by atoms with van der Waals surface area (Å²) < 4.78 is 0. The highest BCUT2D eigenvalue weighted by atomic mass is 16.4. The van der Waals surface area contributed by atoms with Gasteiger partial charge >= 0.3 is 0 Å². The van der Waals surface area contributed by atoms with Crippen molar-refractivity contribution < 1.29 is 20.4 Å². The monoisotopic (exact) mass is 546 g/mol. The molecule has 5 fully saturated rings. The van der Waals surface area contributed by atoms with E-state index in [1.165, 1.54) is 70.6 Å². The Morgan fingerprint density at radius 1 is 0.641 bits per heavy atom. The van der Waals surface area contributed by atoms with Crippen LogP contribution in [0.3, 0.4) is 0 Å². The minimum Gasteiger partial charge on any atom is -0.394 e. The van der Waals surface area contributed by atoms with Gasteiger partial charge in [0.15, 0.2) is 0 Å². The van der Waals surface area contributed by atoms with Crippen LogP contribution in [0.25, 0.3) is 0 Å². The molecule has 0 aromatic carbocycles. The van der Waals surface area contributed by atoms with Gasteiger partial charge in [-0.25, -0.2) is 0 Å². The van der Waals surface area contributed by atoms with Gasteiger partial charge < -0.3 is 20.4 Å². The summed E-state index contributed by atoms with van der Waals surface area (Å²) in [5, 5.41) is 39.5. The second-order valence-electron chi connectivity index (χ2n) is 17.2. The average molecular weight is 547 g/mol. The lowest BCUT2D eigenvalue weighted by Crippen LogP contribution is -2.65. The first-order valence-electron chi connectivity index (χ1n) is 16.8. The summed E-state index contributed by atoms with van der Waals surface area (Å²) in [5.74, 6) is 4.50. The Kier molecular flexibility index (Phi) is 7.95. The lowest BCUT2D eigenvalue weighted by molar-refractivity contribution is -0.241. The van der Waals surface area contributed by atoms with Crippen LogP contribution in [0, 0.1) is 62.6 Å². The van der Waals surface area contributed by atoms with Crippen LogP contribution >= 0.6 is 0 Å².